The van der Waals surface area contributed by atoms with E-state index >= 15 is 0 Å². The van der Waals surface area contributed by atoms with E-state index in [4.69, 9.17) is 9.26 Å². The van der Waals surface area contributed by atoms with Crippen molar-refractivity contribution < 1.29 is 14.1 Å². The molecule has 0 aliphatic carbocycles. The predicted molar refractivity (Wildman–Crippen MR) is 124 cm³/mol. The third kappa shape index (κ3) is 4.99. The van der Waals surface area contributed by atoms with E-state index in [0.29, 0.717) is 32.2 Å². The summed E-state index contributed by atoms with van der Waals surface area (Å²) in [6.45, 7) is 10.3. The molecule has 164 valence electrons. The van der Waals surface area contributed by atoms with Gasteiger partial charge in [0.2, 0.25) is 5.88 Å². The van der Waals surface area contributed by atoms with Gasteiger partial charge < -0.3 is 19.1 Å². The van der Waals surface area contributed by atoms with Crippen molar-refractivity contribution in [1.29, 1.82) is 0 Å². The molecule has 1 amide bonds. The number of carbonyl (C=O) groups is 1. The van der Waals surface area contributed by atoms with Crippen LogP contribution in [0, 0.1) is 12.8 Å². The molecule has 3 aromatic rings. The fourth-order valence-corrected chi connectivity index (χ4v) is 4.57. The lowest BCUT2D eigenvalue weighted by Crippen LogP contribution is -2.38. The van der Waals surface area contributed by atoms with Crippen molar-refractivity contribution >= 4 is 23.1 Å². The molecule has 1 aliphatic heterocycles. The number of amides is 1. The number of aromatic nitrogens is 1. The average Bonchev–Trinajstić information content (AvgIpc) is 3.43. The maximum atomic E-state index is 13.3. The molecule has 7 heteroatoms. The molecule has 1 aliphatic rings. The van der Waals surface area contributed by atoms with Crippen LogP contribution in [0.25, 0.3) is 11.3 Å². The van der Waals surface area contributed by atoms with Crippen LogP contribution in [0.1, 0.15) is 34.6 Å². The summed E-state index contributed by atoms with van der Waals surface area (Å²) in [5, 5.41) is 6.41. The van der Waals surface area contributed by atoms with Crippen LogP contribution in [-0.4, -0.2) is 48.8 Å². The Hall–Kier alpha value is -2.64. The van der Waals surface area contributed by atoms with E-state index in [9.17, 15) is 4.79 Å². The SMILES string of the molecule is Cc1cccc(-c2noc(N3CCOCC3)c2CN(CC(C)C)C(=O)c2cccs2)c1. The molecule has 0 atom stereocenters. The number of rotatable bonds is 7. The zero-order valence-electron chi connectivity index (χ0n) is 18.3. The number of nitrogens with zero attached hydrogens (tertiary/aromatic N) is 3. The van der Waals surface area contributed by atoms with Crippen LogP contribution < -0.4 is 4.90 Å². The van der Waals surface area contributed by atoms with Crippen molar-refractivity contribution in [3.63, 3.8) is 0 Å². The lowest BCUT2D eigenvalue weighted by Gasteiger charge is -2.29. The van der Waals surface area contributed by atoms with Crippen molar-refractivity contribution in [2.45, 2.75) is 27.3 Å². The molecule has 0 bridgehead atoms. The van der Waals surface area contributed by atoms with Crippen molar-refractivity contribution in [3.8, 4) is 11.3 Å². The van der Waals surface area contributed by atoms with Crippen LogP contribution in [0.15, 0.2) is 46.3 Å². The van der Waals surface area contributed by atoms with E-state index in [-0.39, 0.29) is 5.91 Å². The molecule has 3 heterocycles. The number of carbonyl (C=O) groups excluding carboxylic acids is 1. The highest BCUT2D eigenvalue weighted by molar-refractivity contribution is 7.12. The van der Waals surface area contributed by atoms with Crippen LogP contribution >= 0.6 is 11.3 Å². The minimum absolute atomic E-state index is 0.0491. The van der Waals surface area contributed by atoms with Gasteiger partial charge in [0.15, 0.2) is 0 Å². The molecule has 1 fully saturated rings. The molecule has 0 saturated carbocycles. The molecule has 0 spiro atoms. The van der Waals surface area contributed by atoms with Crippen LogP contribution in [-0.2, 0) is 11.3 Å². The summed E-state index contributed by atoms with van der Waals surface area (Å²) in [6.07, 6.45) is 0. The number of hydrogen-bond donors (Lipinski definition) is 0. The fourth-order valence-electron chi connectivity index (χ4n) is 3.88. The maximum absolute atomic E-state index is 13.3. The predicted octanol–water partition coefficient (Wildman–Crippen LogP) is 4.85. The van der Waals surface area contributed by atoms with Crippen molar-refractivity contribution in [2.24, 2.45) is 5.92 Å². The maximum Gasteiger partial charge on any atom is 0.264 e. The van der Waals surface area contributed by atoms with Gasteiger partial charge in [0.1, 0.15) is 5.69 Å². The minimum atomic E-state index is 0.0491. The second-order valence-electron chi connectivity index (χ2n) is 8.34. The summed E-state index contributed by atoms with van der Waals surface area (Å²) in [5.74, 6) is 1.14. The topological polar surface area (TPSA) is 58.8 Å². The molecular formula is C24H29N3O3S. The smallest absolute Gasteiger partial charge is 0.264 e. The van der Waals surface area contributed by atoms with Crippen molar-refractivity contribution in [1.82, 2.24) is 10.1 Å². The first-order valence-corrected chi connectivity index (χ1v) is 11.6. The van der Waals surface area contributed by atoms with E-state index in [1.165, 1.54) is 11.3 Å². The molecule has 0 unspecified atom stereocenters. The Balaban J connectivity index is 1.74. The first-order valence-electron chi connectivity index (χ1n) is 10.7. The Bertz CT molecular complexity index is 1010. The van der Waals surface area contributed by atoms with Crippen molar-refractivity contribution in [2.75, 3.05) is 37.7 Å². The zero-order chi connectivity index (χ0) is 21.8. The Morgan fingerprint density at radius 2 is 2.03 bits per heavy atom. The second kappa shape index (κ2) is 9.66. The molecule has 0 N–H and O–H groups in total. The fraction of sp³-hybridized carbons (Fsp3) is 0.417. The van der Waals surface area contributed by atoms with Gasteiger partial charge in [0.05, 0.1) is 30.2 Å². The molecule has 0 radical (unpaired) electrons. The van der Waals surface area contributed by atoms with E-state index in [0.717, 1.165) is 46.2 Å². The number of hydrogen-bond acceptors (Lipinski definition) is 6. The zero-order valence-corrected chi connectivity index (χ0v) is 19.2. The van der Waals surface area contributed by atoms with Gasteiger partial charge in [0.25, 0.3) is 5.91 Å². The Morgan fingerprint density at radius 3 is 2.71 bits per heavy atom. The normalized spacial score (nSPS) is 14.3. The lowest BCUT2D eigenvalue weighted by molar-refractivity contribution is 0.0727. The number of anilines is 1. The first-order chi connectivity index (χ1) is 15.0. The van der Waals surface area contributed by atoms with Gasteiger partial charge >= 0.3 is 0 Å². The Labute approximate surface area is 187 Å². The van der Waals surface area contributed by atoms with Crippen LogP contribution in [0.2, 0.25) is 0 Å². The Kier molecular flexibility index (Phi) is 6.73. The van der Waals surface area contributed by atoms with Gasteiger partial charge in [-0.1, -0.05) is 48.8 Å². The average molecular weight is 440 g/mol. The highest BCUT2D eigenvalue weighted by atomic mass is 32.1. The summed E-state index contributed by atoms with van der Waals surface area (Å²) < 4.78 is 11.4. The summed E-state index contributed by atoms with van der Waals surface area (Å²) in [6, 6.07) is 12.1. The third-order valence-corrected chi connectivity index (χ3v) is 6.17. The monoisotopic (exact) mass is 439 g/mol. The van der Waals surface area contributed by atoms with Gasteiger partial charge in [0, 0.05) is 25.2 Å². The Morgan fingerprint density at radius 1 is 1.23 bits per heavy atom. The van der Waals surface area contributed by atoms with Crippen molar-refractivity contribution in [3.05, 3.63) is 57.8 Å². The highest BCUT2D eigenvalue weighted by Crippen LogP contribution is 2.34. The first kappa shape index (κ1) is 21.6. The van der Waals surface area contributed by atoms with Gasteiger partial charge in [-0.2, -0.15) is 0 Å². The molecule has 1 saturated heterocycles. The molecule has 6 nitrogen and oxygen atoms in total. The summed E-state index contributed by atoms with van der Waals surface area (Å²) in [7, 11) is 0. The quantitative estimate of drug-likeness (QED) is 0.527. The number of thiophene rings is 1. The molecule has 4 rings (SSSR count). The number of benzene rings is 1. The van der Waals surface area contributed by atoms with Gasteiger partial charge in [-0.3, -0.25) is 4.79 Å². The lowest BCUT2D eigenvalue weighted by atomic mass is 10.0. The van der Waals surface area contributed by atoms with Crippen LogP contribution in [0.4, 0.5) is 5.88 Å². The largest absolute Gasteiger partial charge is 0.378 e. The molecular weight excluding hydrogens is 410 g/mol. The third-order valence-electron chi connectivity index (χ3n) is 5.31. The second-order valence-corrected chi connectivity index (χ2v) is 9.29. The standard InChI is InChI=1S/C24H29N3O3S/c1-17(2)15-27(23(28)21-8-5-13-31-21)16-20-22(19-7-4-6-18(3)14-19)25-30-24(20)26-9-11-29-12-10-26/h4-8,13-14,17H,9-12,15-16H2,1-3H3. The number of morpholine rings is 1. The summed E-state index contributed by atoms with van der Waals surface area (Å²) >= 11 is 1.48. The van der Waals surface area contributed by atoms with E-state index in [1.54, 1.807) is 0 Å². The molecule has 31 heavy (non-hydrogen) atoms. The summed E-state index contributed by atoms with van der Waals surface area (Å²) in [4.78, 5) is 18.2. The van der Waals surface area contributed by atoms with E-state index in [1.807, 2.05) is 34.5 Å². The molecule has 1 aromatic carbocycles. The minimum Gasteiger partial charge on any atom is -0.378 e. The van der Waals surface area contributed by atoms with Gasteiger partial charge in [-0.25, -0.2) is 0 Å². The van der Waals surface area contributed by atoms with Gasteiger partial charge in [-0.05, 0) is 30.4 Å². The van der Waals surface area contributed by atoms with E-state index in [2.05, 4.69) is 43.0 Å². The van der Waals surface area contributed by atoms with E-state index < -0.39 is 0 Å². The van der Waals surface area contributed by atoms with Crippen LogP contribution in [0.3, 0.4) is 0 Å². The summed E-state index contributed by atoms with van der Waals surface area (Å²) in [5.41, 5.74) is 3.93. The highest BCUT2D eigenvalue weighted by Gasteiger charge is 2.28. The number of aryl methyl sites for hydroxylation is 1. The molecule has 2 aromatic heterocycles. The van der Waals surface area contributed by atoms with Gasteiger partial charge in [-0.15, -0.1) is 11.3 Å². The number of ether oxygens (including phenoxy) is 1. The van der Waals surface area contributed by atoms with Crippen LogP contribution in [0.5, 0.6) is 0 Å².